The molecule has 0 saturated heterocycles. The largest absolute Gasteiger partial charge is 0.480 e. The zero-order valence-corrected chi connectivity index (χ0v) is 11.8. The Kier molecular flexibility index (Phi) is 3.74. The van der Waals surface area contributed by atoms with Gasteiger partial charge in [0.1, 0.15) is 11.7 Å². The first-order valence-electron chi connectivity index (χ1n) is 6.93. The molecule has 2 heterocycles. The van der Waals surface area contributed by atoms with Crippen LogP contribution in [-0.2, 0) is 11.3 Å². The van der Waals surface area contributed by atoms with E-state index in [1.807, 2.05) is 24.3 Å². The number of hydrogen-bond donors (Lipinski definition) is 2. The summed E-state index contributed by atoms with van der Waals surface area (Å²) in [5, 5.41) is 12.6. The number of aromatic nitrogens is 1. The second-order valence-corrected chi connectivity index (χ2v) is 5.04. The Labute approximate surface area is 127 Å². The molecule has 1 aromatic heterocycles. The molecule has 0 bridgehead atoms. The summed E-state index contributed by atoms with van der Waals surface area (Å²) in [6, 6.07) is 11.6. The third-order valence-electron chi connectivity index (χ3n) is 3.65. The Balaban J connectivity index is 1.98. The fourth-order valence-corrected chi connectivity index (χ4v) is 2.51. The van der Waals surface area contributed by atoms with Crippen molar-refractivity contribution in [1.29, 1.82) is 0 Å². The smallest absolute Gasteiger partial charge is 0.328 e. The molecule has 1 atom stereocenters. The van der Waals surface area contributed by atoms with Gasteiger partial charge in [0, 0.05) is 25.0 Å². The van der Waals surface area contributed by atoms with Crippen molar-refractivity contribution < 1.29 is 14.7 Å². The molecule has 0 aliphatic carbocycles. The van der Waals surface area contributed by atoms with Gasteiger partial charge in [-0.1, -0.05) is 24.3 Å². The van der Waals surface area contributed by atoms with Gasteiger partial charge in [0.05, 0.1) is 0 Å². The number of carbonyl (C=O) groups is 2. The van der Waals surface area contributed by atoms with Gasteiger partial charge in [-0.25, -0.2) is 4.79 Å². The number of nitrogens with zero attached hydrogens (tertiary/aromatic N) is 2. The Hall–Kier alpha value is -2.89. The number of anilines is 1. The Bertz CT molecular complexity index is 703. The molecule has 0 fully saturated rings. The number of para-hydroxylation sites is 1. The van der Waals surface area contributed by atoms with Crippen LogP contribution in [0.1, 0.15) is 16.1 Å². The topological polar surface area (TPSA) is 82.5 Å². The highest BCUT2D eigenvalue weighted by Crippen LogP contribution is 2.23. The summed E-state index contributed by atoms with van der Waals surface area (Å²) in [5.41, 5.74) is 1.98. The van der Waals surface area contributed by atoms with Gasteiger partial charge in [-0.15, -0.1) is 0 Å². The lowest BCUT2D eigenvalue weighted by atomic mass is 10.1. The number of carbonyl (C=O) groups excluding carboxylic acids is 1. The molecule has 1 amide bonds. The third-order valence-corrected chi connectivity index (χ3v) is 3.65. The van der Waals surface area contributed by atoms with Gasteiger partial charge in [0.15, 0.2) is 0 Å². The fraction of sp³-hybridized carbons (Fsp3) is 0.188. The second kappa shape index (κ2) is 5.85. The Morgan fingerprint density at radius 3 is 2.68 bits per heavy atom. The molecule has 2 aromatic rings. The maximum absolute atomic E-state index is 12.6. The van der Waals surface area contributed by atoms with Crippen LogP contribution in [0.25, 0.3) is 0 Å². The molecule has 1 aromatic carbocycles. The van der Waals surface area contributed by atoms with Gasteiger partial charge < -0.3 is 15.3 Å². The van der Waals surface area contributed by atoms with Crippen LogP contribution >= 0.6 is 0 Å². The minimum Gasteiger partial charge on any atom is -0.480 e. The monoisotopic (exact) mass is 297 g/mol. The van der Waals surface area contributed by atoms with E-state index in [1.165, 1.54) is 11.1 Å². The Morgan fingerprint density at radius 1 is 1.18 bits per heavy atom. The van der Waals surface area contributed by atoms with Crippen molar-refractivity contribution in [1.82, 2.24) is 9.88 Å². The molecular weight excluding hydrogens is 282 g/mol. The van der Waals surface area contributed by atoms with E-state index in [4.69, 9.17) is 0 Å². The average Bonchev–Trinajstić information content (AvgIpc) is 2.74. The number of pyridine rings is 1. The lowest BCUT2D eigenvalue weighted by Crippen LogP contribution is -2.47. The van der Waals surface area contributed by atoms with Crippen LogP contribution in [0, 0.1) is 0 Å². The highest BCUT2D eigenvalue weighted by Gasteiger charge is 2.33. The summed E-state index contributed by atoms with van der Waals surface area (Å²) in [5.74, 6) is -1.42. The van der Waals surface area contributed by atoms with E-state index in [0.717, 1.165) is 11.3 Å². The second-order valence-electron chi connectivity index (χ2n) is 5.04. The summed E-state index contributed by atoms with van der Waals surface area (Å²) in [6.07, 6.45) is 1.52. The van der Waals surface area contributed by atoms with Gasteiger partial charge in [-0.05, 0) is 23.8 Å². The van der Waals surface area contributed by atoms with E-state index < -0.39 is 12.0 Å². The van der Waals surface area contributed by atoms with Crippen molar-refractivity contribution in [2.75, 3.05) is 11.9 Å². The lowest BCUT2D eigenvalue weighted by Gasteiger charge is -2.26. The first kappa shape index (κ1) is 14.1. The Morgan fingerprint density at radius 2 is 1.95 bits per heavy atom. The third kappa shape index (κ3) is 2.63. The molecule has 3 rings (SSSR count). The van der Waals surface area contributed by atoms with Gasteiger partial charge in [0.2, 0.25) is 0 Å². The van der Waals surface area contributed by atoms with Crippen molar-refractivity contribution in [2.24, 2.45) is 0 Å². The van der Waals surface area contributed by atoms with E-state index in [-0.39, 0.29) is 24.7 Å². The number of benzene rings is 1. The summed E-state index contributed by atoms with van der Waals surface area (Å²) in [4.78, 5) is 29.6. The SMILES string of the molecule is O=C(O)C1CNc2ccccc2CN1C(=O)c1ccccn1. The van der Waals surface area contributed by atoms with E-state index >= 15 is 0 Å². The van der Waals surface area contributed by atoms with Gasteiger partial charge in [0.25, 0.3) is 5.91 Å². The molecule has 6 nitrogen and oxygen atoms in total. The lowest BCUT2D eigenvalue weighted by molar-refractivity contribution is -0.142. The fourth-order valence-electron chi connectivity index (χ4n) is 2.51. The van der Waals surface area contributed by atoms with Crippen molar-refractivity contribution in [3.63, 3.8) is 0 Å². The number of amides is 1. The maximum atomic E-state index is 12.6. The molecule has 0 saturated carbocycles. The summed E-state index contributed by atoms with van der Waals surface area (Å²) in [7, 11) is 0. The van der Waals surface area contributed by atoms with E-state index in [2.05, 4.69) is 10.3 Å². The first-order chi connectivity index (χ1) is 10.7. The number of carboxylic acid groups (broad SMARTS) is 1. The number of fused-ring (bicyclic) bond motifs is 1. The van der Waals surface area contributed by atoms with Gasteiger partial charge in [-0.3, -0.25) is 9.78 Å². The van der Waals surface area contributed by atoms with Crippen LogP contribution in [-0.4, -0.2) is 39.5 Å². The average molecular weight is 297 g/mol. The van der Waals surface area contributed by atoms with Crippen LogP contribution < -0.4 is 5.32 Å². The number of aliphatic carboxylic acids is 1. The molecule has 22 heavy (non-hydrogen) atoms. The normalized spacial score (nSPS) is 17.1. The van der Waals surface area contributed by atoms with Crippen LogP contribution in [0.15, 0.2) is 48.7 Å². The highest BCUT2D eigenvalue weighted by molar-refractivity contribution is 5.95. The van der Waals surface area contributed by atoms with Crippen LogP contribution in [0.5, 0.6) is 0 Å². The van der Waals surface area contributed by atoms with Crippen LogP contribution in [0.3, 0.4) is 0 Å². The number of rotatable bonds is 2. The highest BCUT2D eigenvalue weighted by atomic mass is 16.4. The first-order valence-corrected chi connectivity index (χ1v) is 6.93. The zero-order valence-electron chi connectivity index (χ0n) is 11.8. The van der Waals surface area contributed by atoms with Gasteiger partial charge >= 0.3 is 5.97 Å². The van der Waals surface area contributed by atoms with Crippen molar-refractivity contribution in [3.8, 4) is 0 Å². The summed E-state index contributed by atoms with van der Waals surface area (Å²) < 4.78 is 0. The van der Waals surface area contributed by atoms with E-state index in [1.54, 1.807) is 18.2 Å². The van der Waals surface area contributed by atoms with E-state index in [0.29, 0.717) is 0 Å². The predicted octanol–water partition coefficient (Wildman–Crippen LogP) is 1.60. The molecule has 1 unspecified atom stereocenters. The van der Waals surface area contributed by atoms with Crippen molar-refractivity contribution in [3.05, 3.63) is 59.9 Å². The van der Waals surface area contributed by atoms with Crippen LogP contribution in [0.2, 0.25) is 0 Å². The summed E-state index contributed by atoms with van der Waals surface area (Å²) >= 11 is 0. The minimum atomic E-state index is -1.04. The van der Waals surface area contributed by atoms with Crippen molar-refractivity contribution >= 4 is 17.6 Å². The quantitative estimate of drug-likeness (QED) is 0.880. The van der Waals surface area contributed by atoms with E-state index in [9.17, 15) is 14.7 Å². The maximum Gasteiger partial charge on any atom is 0.328 e. The molecule has 0 radical (unpaired) electrons. The molecule has 6 heteroatoms. The molecular formula is C16H15N3O3. The zero-order chi connectivity index (χ0) is 15.5. The number of hydrogen-bond acceptors (Lipinski definition) is 4. The molecule has 1 aliphatic heterocycles. The summed E-state index contributed by atoms with van der Waals surface area (Å²) in [6.45, 7) is 0.389. The molecule has 1 aliphatic rings. The molecule has 2 N–H and O–H groups in total. The predicted molar refractivity (Wildman–Crippen MR) is 80.5 cm³/mol. The van der Waals surface area contributed by atoms with Crippen LogP contribution in [0.4, 0.5) is 5.69 Å². The minimum absolute atomic E-state index is 0.158. The number of nitrogens with one attached hydrogen (secondary N) is 1. The van der Waals surface area contributed by atoms with Gasteiger partial charge in [-0.2, -0.15) is 0 Å². The number of carboxylic acids is 1. The molecule has 112 valence electrons. The standard InChI is InChI=1S/C16H15N3O3/c20-15(13-7-3-4-8-17-13)19-10-11-5-1-2-6-12(11)18-9-14(19)16(21)22/h1-8,14,18H,9-10H2,(H,21,22). The molecule has 0 spiro atoms. The van der Waals surface area contributed by atoms with Crippen molar-refractivity contribution in [2.45, 2.75) is 12.6 Å².